The number of benzene rings is 2. The normalized spacial score (nSPS) is 20.9. The Labute approximate surface area is 219 Å². The van der Waals surface area contributed by atoms with E-state index < -0.39 is 65.6 Å². The van der Waals surface area contributed by atoms with Gasteiger partial charge in [0.05, 0.1) is 24.3 Å². The van der Waals surface area contributed by atoms with E-state index >= 15 is 0 Å². The molecule has 1 N–H and O–H groups in total. The molecular formula is C26H26F7N3O3. The van der Waals surface area contributed by atoms with Gasteiger partial charge in [-0.1, -0.05) is 18.6 Å². The molecular weight excluding hydrogens is 535 g/mol. The molecule has 0 aliphatic carbocycles. The van der Waals surface area contributed by atoms with Crippen molar-refractivity contribution in [3.05, 3.63) is 70.5 Å². The molecule has 0 spiro atoms. The van der Waals surface area contributed by atoms with Crippen LogP contribution in [0.1, 0.15) is 41.5 Å². The third kappa shape index (κ3) is 6.52. The van der Waals surface area contributed by atoms with Crippen molar-refractivity contribution in [2.75, 3.05) is 32.8 Å². The lowest BCUT2D eigenvalue weighted by Crippen LogP contribution is -2.48. The zero-order chi connectivity index (χ0) is 28.4. The molecule has 1 atom stereocenters. The van der Waals surface area contributed by atoms with Crippen molar-refractivity contribution in [1.29, 1.82) is 0 Å². The van der Waals surface area contributed by atoms with Crippen LogP contribution >= 0.6 is 0 Å². The Kier molecular flexibility index (Phi) is 8.22. The van der Waals surface area contributed by atoms with Crippen molar-refractivity contribution in [2.24, 2.45) is 0 Å². The fourth-order valence-electron chi connectivity index (χ4n) is 4.79. The number of nitrogens with zero attached hydrogens (tertiary/aromatic N) is 2. The smallest absolute Gasteiger partial charge is 0.373 e. The van der Waals surface area contributed by atoms with Crippen molar-refractivity contribution in [3.8, 4) is 0 Å². The maximum absolute atomic E-state index is 13.6. The van der Waals surface area contributed by atoms with Crippen LogP contribution in [0, 0.1) is 5.82 Å². The highest BCUT2D eigenvalue weighted by atomic mass is 19.4. The molecule has 2 fully saturated rings. The summed E-state index contributed by atoms with van der Waals surface area (Å²) in [6.07, 6.45) is -6.97. The summed E-state index contributed by atoms with van der Waals surface area (Å²) in [4.78, 5) is 29.5. The molecule has 2 aliphatic rings. The largest absolute Gasteiger partial charge is 0.416 e. The van der Waals surface area contributed by atoms with Crippen LogP contribution in [0.4, 0.5) is 35.5 Å². The highest BCUT2D eigenvalue weighted by Gasteiger charge is 2.52. The lowest BCUT2D eigenvalue weighted by molar-refractivity contribution is -0.143. The fraction of sp³-hybridized carbons (Fsp3) is 0.462. The van der Waals surface area contributed by atoms with Crippen LogP contribution in [0.3, 0.4) is 0 Å². The number of urea groups is 1. The van der Waals surface area contributed by atoms with Gasteiger partial charge in [0.25, 0.3) is 5.91 Å². The van der Waals surface area contributed by atoms with E-state index in [1.807, 2.05) is 0 Å². The number of halogens is 7. The lowest BCUT2D eigenvalue weighted by atomic mass is 9.90. The number of alkyl halides is 6. The summed E-state index contributed by atoms with van der Waals surface area (Å²) in [6, 6.07) is 4.98. The van der Waals surface area contributed by atoms with E-state index in [2.05, 4.69) is 10.2 Å². The Morgan fingerprint density at radius 1 is 0.846 bits per heavy atom. The number of ether oxygens (including phenoxy) is 1. The number of likely N-dealkylation sites (tertiary alicyclic amines) is 1. The second kappa shape index (κ2) is 11.1. The first kappa shape index (κ1) is 28.8. The molecule has 0 radical (unpaired) electrons. The number of carbonyl (C=O) groups is 2. The lowest BCUT2D eigenvalue weighted by Gasteiger charge is -2.29. The average molecular weight is 561 g/mol. The number of hydrogen-bond donors (Lipinski definition) is 1. The van der Waals surface area contributed by atoms with E-state index in [0.29, 0.717) is 18.7 Å². The van der Waals surface area contributed by atoms with Crippen LogP contribution in [0.2, 0.25) is 0 Å². The van der Waals surface area contributed by atoms with E-state index in [1.54, 1.807) is 0 Å². The zero-order valence-corrected chi connectivity index (χ0v) is 20.7. The summed E-state index contributed by atoms with van der Waals surface area (Å²) < 4.78 is 98.4. The number of hydrogen-bond acceptors (Lipinski definition) is 4. The molecule has 13 heteroatoms. The van der Waals surface area contributed by atoms with Gasteiger partial charge < -0.3 is 15.0 Å². The van der Waals surface area contributed by atoms with Crippen LogP contribution in [-0.4, -0.2) is 54.5 Å². The number of amides is 3. The second-order valence-corrected chi connectivity index (χ2v) is 9.61. The van der Waals surface area contributed by atoms with Crippen molar-refractivity contribution < 1.29 is 45.1 Å². The molecule has 0 aromatic heterocycles. The van der Waals surface area contributed by atoms with Crippen LogP contribution in [0.5, 0.6) is 0 Å². The molecule has 2 aromatic rings. The van der Waals surface area contributed by atoms with Gasteiger partial charge in [-0.3, -0.25) is 9.69 Å². The fourth-order valence-corrected chi connectivity index (χ4v) is 4.79. The topological polar surface area (TPSA) is 61.9 Å². The van der Waals surface area contributed by atoms with Gasteiger partial charge in [-0.2, -0.15) is 26.3 Å². The summed E-state index contributed by atoms with van der Waals surface area (Å²) in [5.74, 6) is -1.33. The minimum Gasteiger partial charge on any atom is -0.373 e. The van der Waals surface area contributed by atoms with Gasteiger partial charge in [-0.25, -0.2) is 9.18 Å². The van der Waals surface area contributed by atoms with Crippen molar-refractivity contribution in [1.82, 2.24) is 15.1 Å². The molecule has 0 bridgehead atoms. The number of imide groups is 1. The van der Waals surface area contributed by atoms with E-state index in [0.717, 1.165) is 49.4 Å². The second-order valence-electron chi connectivity index (χ2n) is 9.61. The standard InChI is InChI=1S/C26H26F7N3O3/c27-21-6-4-18(5-7-21)24(22(37)36(23(38)34-24)11-10-35-8-2-1-3-9-35)16-39-15-17-12-19(25(28,29)30)14-20(13-17)26(31,32)33/h4-7,12-14H,1-3,8-11,15-16H2,(H,34,38). The molecule has 2 aromatic carbocycles. The van der Waals surface area contributed by atoms with E-state index in [9.17, 15) is 40.3 Å². The summed E-state index contributed by atoms with van der Waals surface area (Å²) in [7, 11) is 0. The van der Waals surface area contributed by atoms with Gasteiger partial charge in [0.2, 0.25) is 0 Å². The molecule has 212 valence electrons. The first-order valence-electron chi connectivity index (χ1n) is 12.3. The van der Waals surface area contributed by atoms with E-state index in [1.165, 1.54) is 12.1 Å². The van der Waals surface area contributed by atoms with Crippen molar-refractivity contribution in [3.63, 3.8) is 0 Å². The van der Waals surface area contributed by atoms with Gasteiger partial charge in [-0.05, 0) is 67.4 Å². The number of carbonyl (C=O) groups excluding carboxylic acids is 2. The third-order valence-corrected chi connectivity index (χ3v) is 6.84. The first-order chi connectivity index (χ1) is 18.3. The molecule has 2 aliphatic heterocycles. The Balaban J connectivity index is 1.56. The van der Waals surface area contributed by atoms with Crippen molar-refractivity contribution >= 4 is 11.9 Å². The summed E-state index contributed by atoms with van der Waals surface area (Å²) in [5, 5.41) is 2.56. The van der Waals surface area contributed by atoms with Gasteiger partial charge in [0.15, 0.2) is 5.54 Å². The quantitative estimate of drug-likeness (QED) is 0.351. The maximum Gasteiger partial charge on any atom is 0.416 e. The predicted octanol–water partition coefficient (Wildman–Crippen LogP) is 5.31. The van der Waals surface area contributed by atoms with Gasteiger partial charge in [0.1, 0.15) is 5.82 Å². The molecule has 2 heterocycles. The molecule has 39 heavy (non-hydrogen) atoms. The summed E-state index contributed by atoms with van der Waals surface area (Å²) in [6.45, 7) is 0.827. The molecule has 6 nitrogen and oxygen atoms in total. The SMILES string of the molecule is O=C1NC(COCc2cc(C(F)(F)F)cc(C(F)(F)F)c2)(c2ccc(F)cc2)C(=O)N1CCN1CCCCC1. The summed E-state index contributed by atoms with van der Waals surface area (Å²) in [5.41, 5.74) is -5.12. The molecule has 3 amide bonds. The Bertz CT molecular complexity index is 1160. The Morgan fingerprint density at radius 2 is 1.44 bits per heavy atom. The van der Waals surface area contributed by atoms with Crippen LogP contribution in [0.15, 0.2) is 42.5 Å². The molecule has 2 saturated heterocycles. The highest BCUT2D eigenvalue weighted by Crippen LogP contribution is 2.37. The Morgan fingerprint density at radius 3 is 2.00 bits per heavy atom. The minimum atomic E-state index is -5.03. The molecule has 1 unspecified atom stereocenters. The number of piperidine rings is 1. The van der Waals surface area contributed by atoms with Crippen LogP contribution < -0.4 is 5.32 Å². The van der Waals surface area contributed by atoms with Crippen LogP contribution in [0.25, 0.3) is 0 Å². The minimum absolute atomic E-state index is 0.00441. The maximum atomic E-state index is 13.6. The zero-order valence-electron chi connectivity index (χ0n) is 20.7. The monoisotopic (exact) mass is 561 g/mol. The van der Waals surface area contributed by atoms with Gasteiger partial charge in [-0.15, -0.1) is 0 Å². The first-order valence-corrected chi connectivity index (χ1v) is 12.3. The van der Waals surface area contributed by atoms with E-state index in [-0.39, 0.29) is 18.2 Å². The molecule has 4 rings (SSSR count). The average Bonchev–Trinajstić information content (AvgIpc) is 3.12. The number of nitrogens with one attached hydrogen (secondary N) is 1. The highest BCUT2D eigenvalue weighted by molar-refractivity contribution is 6.07. The van der Waals surface area contributed by atoms with Crippen LogP contribution in [-0.2, 0) is 34.0 Å². The summed E-state index contributed by atoms with van der Waals surface area (Å²) >= 11 is 0. The van der Waals surface area contributed by atoms with E-state index in [4.69, 9.17) is 4.74 Å². The van der Waals surface area contributed by atoms with Gasteiger partial charge >= 0.3 is 18.4 Å². The predicted molar refractivity (Wildman–Crippen MR) is 125 cm³/mol. The third-order valence-electron chi connectivity index (χ3n) is 6.84. The van der Waals surface area contributed by atoms with Gasteiger partial charge in [0, 0.05) is 13.1 Å². The molecule has 0 saturated carbocycles. The number of rotatable bonds is 8. The van der Waals surface area contributed by atoms with Crippen molar-refractivity contribution in [2.45, 2.75) is 43.8 Å². The Hall–Kier alpha value is -3.19.